The zero-order valence-corrected chi connectivity index (χ0v) is 9.02. The molecule has 1 nitrogen and oxygen atoms in total. The Morgan fingerprint density at radius 3 is 1.53 bits per heavy atom. The van der Waals surface area contributed by atoms with Crippen LogP contribution in [0.1, 0.15) is 6.92 Å². The van der Waals surface area contributed by atoms with E-state index in [9.17, 15) is 26.3 Å². The summed E-state index contributed by atoms with van der Waals surface area (Å²) in [5, 5.41) is 0. The van der Waals surface area contributed by atoms with Gasteiger partial charge in [0.25, 0.3) is 0 Å². The van der Waals surface area contributed by atoms with Crippen LogP contribution < -0.4 is 0 Å². The van der Waals surface area contributed by atoms with Gasteiger partial charge in [0.1, 0.15) is 0 Å². The molecule has 0 rings (SSSR count). The minimum absolute atomic E-state index is 0.475. The fourth-order valence-corrected chi connectivity index (χ4v) is 2.75. The molecule has 0 aromatic carbocycles. The SMILES string of the molecule is CCO[Si](Cl)(C(F)=C(F)F)C(F)=C(F)F. The zero-order chi connectivity index (χ0) is 12.2. The molecule has 0 fully saturated rings. The van der Waals surface area contributed by atoms with E-state index in [-0.39, 0.29) is 0 Å². The lowest BCUT2D eigenvalue weighted by Gasteiger charge is -2.18. The van der Waals surface area contributed by atoms with Gasteiger partial charge < -0.3 is 4.43 Å². The number of halogens is 7. The fraction of sp³-hybridized carbons (Fsp3) is 0.333. The molecule has 0 aliphatic rings. The smallest absolute Gasteiger partial charge is 0.394 e. The molecule has 0 saturated heterocycles. The van der Waals surface area contributed by atoms with Gasteiger partial charge in [-0.05, 0) is 6.92 Å². The van der Waals surface area contributed by atoms with E-state index in [1.807, 2.05) is 0 Å². The van der Waals surface area contributed by atoms with Crippen molar-refractivity contribution in [1.29, 1.82) is 0 Å². The second-order valence-corrected chi connectivity index (χ2v) is 6.13. The maximum atomic E-state index is 12.7. The van der Waals surface area contributed by atoms with Gasteiger partial charge in [-0.2, -0.15) is 17.6 Å². The normalized spacial score (nSPS) is 11.2. The van der Waals surface area contributed by atoms with Crippen molar-refractivity contribution in [3.05, 3.63) is 23.1 Å². The van der Waals surface area contributed by atoms with Gasteiger partial charge in [-0.1, -0.05) is 0 Å². The van der Waals surface area contributed by atoms with Crippen LogP contribution in [-0.2, 0) is 4.43 Å². The highest BCUT2D eigenvalue weighted by Gasteiger charge is 2.50. The summed E-state index contributed by atoms with van der Waals surface area (Å²) >= 11 is 5.02. The van der Waals surface area contributed by atoms with E-state index in [1.54, 1.807) is 0 Å². The van der Waals surface area contributed by atoms with E-state index < -0.39 is 37.3 Å². The summed E-state index contributed by atoms with van der Waals surface area (Å²) < 4.78 is 76.8. The molecule has 0 spiro atoms. The summed E-state index contributed by atoms with van der Waals surface area (Å²) in [4.78, 5) is 0. The molecule has 0 radical (unpaired) electrons. The molecule has 0 atom stereocenters. The van der Waals surface area contributed by atoms with E-state index in [1.165, 1.54) is 6.92 Å². The Morgan fingerprint density at radius 1 is 1.00 bits per heavy atom. The van der Waals surface area contributed by atoms with Crippen molar-refractivity contribution in [2.24, 2.45) is 0 Å². The van der Waals surface area contributed by atoms with Crippen LogP contribution in [0, 0.1) is 0 Å². The van der Waals surface area contributed by atoms with Gasteiger partial charge in [0, 0.05) is 6.61 Å². The summed E-state index contributed by atoms with van der Waals surface area (Å²) in [6, 6.07) is 0. The molecule has 0 aliphatic heterocycles. The second-order valence-electron chi connectivity index (χ2n) is 2.18. The van der Waals surface area contributed by atoms with Gasteiger partial charge in [-0.15, -0.1) is 11.1 Å². The Bertz CT molecular complexity index is 272. The van der Waals surface area contributed by atoms with Gasteiger partial charge in [0.2, 0.25) is 0 Å². The topological polar surface area (TPSA) is 9.23 Å². The van der Waals surface area contributed by atoms with Crippen LogP contribution >= 0.6 is 11.1 Å². The van der Waals surface area contributed by atoms with E-state index in [0.717, 1.165) is 0 Å². The van der Waals surface area contributed by atoms with Crippen molar-refractivity contribution in [3.63, 3.8) is 0 Å². The van der Waals surface area contributed by atoms with Crippen LogP contribution in [0.3, 0.4) is 0 Å². The van der Waals surface area contributed by atoms with Crippen LogP contribution in [0.4, 0.5) is 26.3 Å². The highest BCUT2D eigenvalue weighted by Crippen LogP contribution is 2.36. The number of hydrogen-bond acceptors (Lipinski definition) is 1. The van der Waals surface area contributed by atoms with Crippen molar-refractivity contribution in [2.45, 2.75) is 6.92 Å². The molecule has 0 aromatic heterocycles. The third-order valence-corrected chi connectivity index (χ3v) is 4.76. The van der Waals surface area contributed by atoms with Crippen molar-refractivity contribution in [1.82, 2.24) is 0 Å². The van der Waals surface area contributed by atoms with Crippen molar-refractivity contribution in [3.8, 4) is 0 Å². The van der Waals surface area contributed by atoms with Gasteiger partial charge in [0.15, 0.2) is 10.9 Å². The predicted octanol–water partition coefficient (Wildman–Crippen LogP) is 3.94. The first-order valence-corrected chi connectivity index (χ1v) is 6.44. The molecule has 0 aromatic rings. The molecule has 0 unspecified atom stereocenters. The van der Waals surface area contributed by atoms with E-state index in [2.05, 4.69) is 4.43 Å². The second kappa shape index (κ2) is 5.57. The molecule has 0 amide bonds. The Balaban J connectivity index is 5.46. The Labute approximate surface area is 86.8 Å². The molecule has 15 heavy (non-hydrogen) atoms. The third kappa shape index (κ3) is 3.25. The third-order valence-electron chi connectivity index (χ3n) is 1.24. The van der Waals surface area contributed by atoms with Gasteiger partial charge in [-0.3, -0.25) is 0 Å². The Kier molecular flexibility index (Phi) is 5.39. The van der Waals surface area contributed by atoms with Crippen LogP contribution in [0.15, 0.2) is 23.1 Å². The number of rotatable bonds is 4. The fourth-order valence-electron chi connectivity index (χ4n) is 0.665. The van der Waals surface area contributed by atoms with E-state index in [4.69, 9.17) is 11.1 Å². The predicted molar refractivity (Wildman–Crippen MR) is 43.9 cm³/mol. The highest BCUT2D eigenvalue weighted by molar-refractivity contribution is 7.24. The van der Waals surface area contributed by atoms with E-state index in [0.29, 0.717) is 0 Å². The van der Waals surface area contributed by atoms with Crippen LogP contribution in [0.25, 0.3) is 0 Å². The maximum Gasteiger partial charge on any atom is 0.427 e. The first kappa shape index (κ1) is 14.5. The quantitative estimate of drug-likeness (QED) is 0.427. The highest BCUT2D eigenvalue weighted by atomic mass is 35.6. The molecular formula is C6H5ClF6OSi. The number of hydrogen-bond donors (Lipinski definition) is 0. The minimum Gasteiger partial charge on any atom is -0.394 e. The lowest BCUT2D eigenvalue weighted by molar-refractivity contribution is 0.310. The van der Waals surface area contributed by atoms with Crippen molar-refractivity contribution < 1.29 is 30.8 Å². The van der Waals surface area contributed by atoms with Gasteiger partial charge in [-0.25, -0.2) is 8.78 Å². The molecule has 0 bridgehead atoms. The average molecular weight is 271 g/mol. The average Bonchev–Trinajstić information content (AvgIpc) is 2.15. The monoisotopic (exact) mass is 270 g/mol. The lowest BCUT2D eigenvalue weighted by Crippen LogP contribution is -2.36. The first-order valence-electron chi connectivity index (χ1n) is 3.52. The summed E-state index contributed by atoms with van der Waals surface area (Å²) in [5.41, 5.74) is -4.92. The van der Waals surface area contributed by atoms with Crippen LogP contribution in [-0.4, -0.2) is 14.2 Å². The van der Waals surface area contributed by atoms with Crippen LogP contribution in [0.2, 0.25) is 0 Å². The molecule has 88 valence electrons. The van der Waals surface area contributed by atoms with Crippen molar-refractivity contribution in [2.75, 3.05) is 6.61 Å². The standard InChI is InChI=1S/C6H5ClF6OSi/c1-2-14-15(7,5(12)3(8)9)6(13)4(10)11/h2H2,1H3. The van der Waals surface area contributed by atoms with Gasteiger partial charge >= 0.3 is 19.8 Å². The molecule has 0 saturated carbocycles. The lowest BCUT2D eigenvalue weighted by atomic mass is 10.9. The Hall–Kier alpha value is -0.473. The molecule has 0 N–H and O–H groups in total. The largest absolute Gasteiger partial charge is 0.427 e. The summed E-state index contributed by atoms with van der Waals surface area (Å²) in [6.45, 7) is 0.702. The zero-order valence-electron chi connectivity index (χ0n) is 7.26. The van der Waals surface area contributed by atoms with Crippen LogP contribution in [0.5, 0.6) is 0 Å². The maximum absolute atomic E-state index is 12.7. The molecular weight excluding hydrogens is 266 g/mol. The summed E-state index contributed by atoms with van der Waals surface area (Å²) in [5.74, 6) is 0. The summed E-state index contributed by atoms with van der Waals surface area (Å²) in [6.07, 6.45) is -5.94. The summed E-state index contributed by atoms with van der Waals surface area (Å²) in [7, 11) is -5.18. The minimum atomic E-state index is -5.18. The molecule has 0 heterocycles. The van der Waals surface area contributed by atoms with Crippen molar-refractivity contribution >= 4 is 18.7 Å². The van der Waals surface area contributed by atoms with Gasteiger partial charge in [0.05, 0.1) is 0 Å². The van der Waals surface area contributed by atoms with E-state index >= 15 is 0 Å². The molecule has 0 aliphatic carbocycles. The molecule has 9 heteroatoms. The first-order chi connectivity index (χ1) is 6.77. The Morgan fingerprint density at radius 2 is 1.33 bits per heavy atom.